The van der Waals surface area contributed by atoms with E-state index >= 15 is 0 Å². The van der Waals surface area contributed by atoms with E-state index in [1.807, 2.05) is 47.4 Å². The number of rotatable bonds is 7. The predicted octanol–water partition coefficient (Wildman–Crippen LogP) is 6.45. The number of hydrogen-bond donors (Lipinski definition) is 0. The second kappa shape index (κ2) is 10.3. The van der Waals surface area contributed by atoms with Crippen LogP contribution in [0.5, 0.6) is 0 Å². The lowest BCUT2D eigenvalue weighted by Gasteiger charge is -2.34. The third kappa shape index (κ3) is 5.65. The number of hydrogen-bond acceptors (Lipinski definition) is 2. The Hall–Kier alpha value is -2.39. The summed E-state index contributed by atoms with van der Waals surface area (Å²) in [5, 5.41) is 0.643. The minimum atomic E-state index is -0.305. The van der Waals surface area contributed by atoms with Gasteiger partial charge in [-0.05, 0) is 68.9 Å². The van der Waals surface area contributed by atoms with E-state index < -0.39 is 0 Å². The highest BCUT2D eigenvalue weighted by Gasteiger charge is 2.30. The molecule has 0 spiro atoms. The number of halogens is 1. The summed E-state index contributed by atoms with van der Waals surface area (Å²) in [6.45, 7) is 8.24. The summed E-state index contributed by atoms with van der Waals surface area (Å²) >= 11 is 6.70. The lowest BCUT2D eigenvalue weighted by Crippen LogP contribution is -2.45. The average Bonchev–Trinajstić information content (AvgIpc) is 2.73. The first-order valence-electron chi connectivity index (χ1n) is 11.1. The van der Waals surface area contributed by atoms with Crippen molar-refractivity contribution in [2.75, 3.05) is 0 Å². The Kier molecular flexibility index (Phi) is 7.72. The molecule has 1 amide bonds. The molecule has 31 heavy (non-hydrogen) atoms. The van der Waals surface area contributed by atoms with E-state index in [-0.39, 0.29) is 29.7 Å². The van der Waals surface area contributed by atoms with Gasteiger partial charge in [0.05, 0.1) is 5.92 Å². The summed E-state index contributed by atoms with van der Waals surface area (Å²) in [6, 6.07) is 16.4. The number of carbonyl (C=O) groups is 2. The minimum absolute atomic E-state index is 0.116. The molecule has 0 N–H and O–H groups in total. The highest BCUT2D eigenvalue weighted by atomic mass is 35.5. The van der Waals surface area contributed by atoms with Crippen LogP contribution in [0.3, 0.4) is 0 Å². The van der Waals surface area contributed by atoms with Crippen molar-refractivity contribution in [2.45, 2.75) is 71.4 Å². The molecule has 1 aliphatic rings. The van der Waals surface area contributed by atoms with E-state index in [1.54, 1.807) is 0 Å². The molecule has 0 saturated carbocycles. The first kappa shape index (κ1) is 23.3. The molecular formula is C27H32ClNO2. The van der Waals surface area contributed by atoms with Crippen LogP contribution in [-0.2, 0) is 16.0 Å². The van der Waals surface area contributed by atoms with Gasteiger partial charge in [0.25, 0.3) is 0 Å². The first-order chi connectivity index (χ1) is 14.8. The summed E-state index contributed by atoms with van der Waals surface area (Å²) in [5.74, 6) is 0.0910. The van der Waals surface area contributed by atoms with Gasteiger partial charge in [0.1, 0.15) is 5.78 Å². The smallest absolute Gasteiger partial charge is 0.230 e. The van der Waals surface area contributed by atoms with Gasteiger partial charge >= 0.3 is 0 Å². The number of ketones is 1. The summed E-state index contributed by atoms with van der Waals surface area (Å²) in [5.41, 5.74) is 4.14. The lowest BCUT2D eigenvalue weighted by atomic mass is 9.87. The number of Topliss-reactive ketones (excluding diaryl/α,β-unsaturated/α-hetero) is 1. The molecule has 1 aliphatic carbocycles. The molecule has 0 heterocycles. The summed E-state index contributed by atoms with van der Waals surface area (Å²) in [6.07, 6.45) is 4.37. The van der Waals surface area contributed by atoms with Gasteiger partial charge in [-0.3, -0.25) is 9.59 Å². The van der Waals surface area contributed by atoms with Crippen LogP contribution in [-0.4, -0.2) is 28.7 Å². The average molecular weight is 438 g/mol. The van der Waals surface area contributed by atoms with Gasteiger partial charge in [-0.1, -0.05) is 60.1 Å². The summed E-state index contributed by atoms with van der Waals surface area (Å²) < 4.78 is 0. The molecule has 2 aromatic carbocycles. The van der Waals surface area contributed by atoms with Crippen LogP contribution in [0.1, 0.15) is 69.6 Å². The van der Waals surface area contributed by atoms with E-state index in [1.165, 1.54) is 0 Å². The molecule has 164 valence electrons. The largest absolute Gasteiger partial charge is 0.337 e. The van der Waals surface area contributed by atoms with Crippen molar-refractivity contribution in [3.05, 3.63) is 76.3 Å². The molecule has 2 aromatic rings. The number of benzene rings is 2. The normalized spacial score (nSPS) is 15.2. The molecule has 0 fully saturated rings. The molecular weight excluding hydrogens is 406 g/mol. The minimum Gasteiger partial charge on any atom is -0.337 e. The molecule has 0 aromatic heterocycles. The maximum absolute atomic E-state index is 13.7. The molecule has 0 radical (unpaired) electrons. The Labute approximate surface area is 191 Å². The van der Waals surface area contributed by atoms with Crippen LogP contribution in [0.2, 0.25) is 5.02 Å². The molecule has 4 heteroatoms. The van der Waals surface area contributed by atoms with E-state index in [2.05, 4.69) is 39.8 Å². The van der Waals surface area contributed by atoms with Crippen molar-refractivity contribution >= 4 is 28.9 Å². The van der Waals surface area contributed by atoms with Gasteiger partial charge in [-0.15, -0.1) is 0 Å². The van der Waals surface area contributed by atoms with Gasteiger partial charge in [-0.25, -0.2) is 0 Å². The Balaban J connectivity index is 1.97. The fourth-order valence-electron chi connectivity index (χ4n) is 4.45. The van der Waals surface area contributed by atoms with E-state index in [0.29, 0.717) is 24.3 Å². The van der Waals surface area contributed by atoms with Crippen molar-refractivity contribution in [3.63, 3.8) is 0 Å². The monoisotopic (exact) mass is 437 g/mol. The van der Waals surface area contributed by atoms with Crippen molar-refractivity contribution in [1.29, 1.82) is 0 Å². The number of carbonyl (C=O) groups excluding carboxylic acids is 2. The lowest BCUT2D eigenvalue weighted by molar-refractivity contribution is -0.136. The first-order valence-corrected chi connectivity index (χ1v) is 11.5. The Morgan fingerprint density at radius 2 is 1.68 bits per heavy atom. The predicted molar refractivity (Wildman–Crippen MR) is 128 cm³/mol. The maximum atomic E-state index is 13.7. The van der Waals surface area contributed by atoms with Crippen LogP contribution in [0.4, 0.5) is 0 Å². The fourth-order valence-corrected chi connectivity index (χ4v) is 4.76. The van der Waals surface area contributed by atoms with Crippen molar-refractivity contribution in [1.82, 2.24) is 4.90 Å². The van der Waals surface area contributed by atoms with E-state index in [4.69, 9.17) is 11.6 Å². The SMILES string of the molecule is CC(C)N(C(=O)C(Cc1ccccc1)c1ccc(C2=CCC(=O)CC2)c(Cl)c1)C(C)C. The molecule has 1 unspecified atom stereocenters. The summed E-state index contributed by atoms with van der Waals surface area (Å²) in [7, 11) is 0. The van der Waals surface area contributed by atoms with Crippen LogP contribution in [0, 0.1) is 0 Å². The van der Waals surface area contributed by atoms with Gasteiger partial charge in [0.2, 0.25) is 5.91 Å². The molecule has 0 saturated heterocycles. The third-order valence-electron chi connectivity index (χ3n) is 5.94. The Morgan fingerprint density at radius 3 is 2.23 bits per heavy atom. The third-order valence-corrected chi connectivity index (χ3v) is 6.25. The zero-order valence-electron chi connectivity index (χ0n) is 18.9. The zero-order valence-corrected chi connectivity index (χ0v) is 19.7. The molecule has 3 nitrogen and oxygen atoms in total. The number of nitrogens with zero attached hydrogens (tertiary/aromatic N) is 1. The van der Waals surface area contributed by atoms with Crippen LogP contribution in [0.25, 0.3) is 5.57 Å². The molecule has 0 bridgehead atoms. The van der Waals surface area contributed by atoms with Crippen LogP contribution in [0.15, 0.2) is 54.6 Å². The van der Waals surface area contributed by atoms with Crippen LogP contribution >= 0.6 is 11.6 Å². The van der Waals surface area contributed by atoms with Gasteiger partial charge in [-0.2, -0.15) is 0 Å². The highest BCUT2D eigenvalue weighted by molar-refractivity contribution is 6.32. The van der Waals surface area contributed by atoms with Crippen molar-refractivity contribution in [3.8, 4) is 0 Å². The molecule has 3 rings (SSSR count). The van der Waals surface area contributed by atoms with Gasteiger partial charge < -0.3 is 4.90 Å². The fraction of sp³-hybridized carbons (Fsp3) is 0.407. The zero-order chi connectivity index (χ0) is 22.5. The number of allylic oxidation sites excluding steroid dienone is 2. The Morgan fingerprint density at radius 1 is 1.00 bits per heavy atom. The molecule has 0 aliphatic heterocycles. The van der Waals surface area contributed by atoms with Gasteiger partial charge in [0.15, 0.2) is 0 Å². The maximum Gasteiger partial charge on any atom is 0.230 e. The van der Waals surface area contributed by atoms with E-state index in [9.17, 15) is 9.59 Å². The number of amides is 1. The standard InChI is InChI=1S/C27H32ClNO2/c1-18(2)29(19(3)4)27(31)25(16-20-8-6-5-7-9-20)22-12-15-24(26(28)17-22)21-10-13-23(30)14-11-21/h5-10,12,15,17-19,25H,11,13-14,16H2,1-4H3. The second-order valence-corrected chi connectivity index (χ2v) is 9.29. The van der Waals surface area contributed by atoms with E-state index in [0.717, 1.165) is 28.7 Å². The van der Waals surface area contributed by atoms with Gasteiger partial charge in [0, 0.05) is 29.9 Å². The Bertz CT molecular complexity index is 954. The quantitative estimate of drug-likeness (QED) is 0.499. The summed E-state index contributed by atoms with van der Waals surface area (Å²) in [4.78, 5) is 27.2. The second-order valence-electron chi connectivity index (χ2n) is 8.89. The molecule has 1 atom stereocenters. The van der Waals surface area contributed by atoms with Crippen molar-refractivity contribution in [2.24, 2.45) is 0 Å². The van der Waals surface area contributed by atoms with Crippen LogP contribution < -0.4 is 0 Å². The van der Waals surface area contributed by atoms with Crippen molar-refractivity contribution < 1.29 is 9.59 Å². The highest BCUT2D eigenvalue weighted by Crippen LogP contribution is 2.34. The topological polar surface area (TPSA) is 37.4 Å².